The van der Waals surface area contributed by atoms with Crippen LogP contribution in [0.3, 0.4) is 0 Å². The van der Waals surface area contributed by atoms with Crippen molar-refractivity contribution in [1.29, 1.82) is 0 Å². The van der Waals surface area contributed by atoms with Crippen LogP contribution in [0.1, 0.15) is 20.3 Å². The number of nitrogens with one attached hydrogen (secondary N) is 1. The summed E-state index contributed by atoms with van der Waals surface area (Å²) in [5.41, 5.74) is 2.61. The van der Waals surface area contributed by atoms with Crippen LogP contribution in [-0.4, -0.2) is 6.04 Å². The van der Waals surface area contributed by atoms with Crippen LogP contribution in [0.25, 0.3) is 0 Å². The minimum atomic E-state index is 0. The Morgan fingerprint density at radius 3 is 1.88 bits per heavy atom. The second-order valence-corrected chi connectivity index (χ2v) is 1.48. The summed E-state index contributed by atoms with van der Waals surface area (Å²) < 4.78 is 0. The molecule has 4 heteroatoms. The van der Waals surface area contributed by atoms with E-state index in [2.05, 4.69) is 12.3 Å². The largest absolute Gasteiger partial charge is 0.271 e. The topological polar surface area (TPSA) is 38.0 Å². The first-order valence-electron chi connectivity index (χ1n) is 2.27. The van der Waals surface area contributed by atoms with E-state index >= 15 is 0 Å². The van der Waals surface area contributed by atoms with E-state index in [1.165, 1.54) is 0 Å². The molecular formula is C4H14Cl2N2. The molecule has 0 aliphatic carbocycles. The molecule has 0 aromatic carbocycles. The van der Waals surface area contributed by atoms with Crippen LogP contribution in [0, 0.1) is 0 Å². The van der Waals surface area contributed by atoms with Gasteiger partial charge in [0, 0.05) is 6.04 Å². The summed E-state index contributed by atoms with van der Waals surface area (Å²) in [7, 11) is 0. The van der Waals surface area contributed by atoms with E-state index in [0.29, 0.717) is 6.04 Å². The minimum Gasteiger partial charge on any atom is -0.271 e. The van der Waals surface area contributed by atoms with Gasteiger partial charge in [0.1, 0.15) is 0 Å². The smallest absolute Gasteiger partial charge is 0.0179 e. The van der Waals surface area contributed by atoms with Gasteiger partial charge in [0.25, 0.3) is 0 Å². The molecular weight excluding hydrogens is 147 g/mol. The van der Waals surface area contributed by atoms with Crippen LogP contribution in [0.4, 0.5) is 0 Å². The molecule has 0 fully saturated rings. The lowest BCUT2D eigenvalue weighted by Crippen LogP contribution is -2.31. The summed E-state index contributed by atoms with van der Waals surface area (Å²) >= 11 is 0. The quantitative estimate of drug-likeness (QED) is 0.470. The molecule has 0 unspecified atom stereocenters. The Hall–Kier alpha value is 0.500. The highest BCUT2D eigenvalue weighted by atomic mass is 35.5. The lowest BCUT2D eigenvalue weighted by atomic mass is 10.3. The minimum absolute atomic E-state index is 0. The van der Waals surface area contributed by atoms with E-state index in [4.69, 9.17) is 5.84 Å². The number of hydrogen-bond acceptors (Lipinski definition) is 2. The first-order chi connectivity index (χ1) is 2.81. The molecule has 0 saturated heterocycles. The fourth-order valence-corrected chi connectivity index (χ4v) is 0.118. The first-order valence-corrected chi connectivity index (χ1v) is 2.27. The number of rotatable bonds is 2. The summed E-state index contributed by atoms with van der Waals surface area (Å²) in [6.07, 6.45) is 1.09. The van der Waals surface area contributed by atoms with Crippen molar-refractivity contribution in [3.8, 4) is 0 Å². The Morgan fingerprint density at radius 2 is 1.88 bits per heavy atom. The van der Waals surface area contributed by atoms with Crippen molar-refractivity contribution >= 4 is 24.8 Å². The Labute approximate surface area is 63.0 Å². The molecule has 0 aliphatic rings. The monoisotopic (exact) mass is 160 g/mol. The molecule has 0 heterocycles. The molecule has 0 rings (SSSR count). The SMILES string of the molecule is CC[C@H](C)NN.Cl.Cl. The predicted molar refractivity (Wildman–Crippen MR) is 41.6 cm³/mol. The third-order valence-electron chi connectivity index (χ3n) is 0.897. The van der Waals surface area contributed by atoms with Gasteiger partial charge in [-0.25, -0.2) is 0 Å². The standard InChI is InChI=1S/C4H12N2.2ClH/c1-3-4(2)6-5;;/h4,6H,3,5H2,1-2H3;2*1H/t4-;;/m0../s1. The van der Waals surface area contributed by atoms with Crippen molar-refractivity contribution in [3.63, 3.8) is 0 Å². The Balaban J connectivity index is -0.000000125. The van der Waals surface area contributed by atoms with E-state index in [1.54, 1.807) is 0 Å². The first kappa shape index (κ1) is 15.8. The average Bonchev–Trinajstić information content (AvgIpc) is 1.65. The van der Waals surface area contributed by atoms with Gasteiger partial charge in [0.2, 0.25) is 0 Å². The van der Waals surface area contributed by atoms with Crippen LogP contribution in [0.2, 0.25) is 0 Å². The molecule has 0 spiro atoms. The lowest BCUT2D eigenvalue weighted by Gasteiger charge is -2.02. The maximum Gasteiger partial charge on any atom is 0.0179 e. The zero-order valence-electron chi connectivity index (χ0n) is 5.18. The van der Waals surface area contributed by atoms with Gasteiger partial charge < -0.3 is 0 Å². The van der Waals surface area contributed by atoms with E-state index in [9.17, 15) is 0 Å². The summed E-state index contributed by atoms with van der Waals surface area (Å²) in [4.78, 5) is 0. The Morgan fingerprint density at radius 1 is 1.50 bits per heavy atom. The predicted octanol–water partition coefficient (Wildman–Crippen LogP) is 1.09. The van der Waals surface area contributed by atoms with Crippen molar-refractivity contribution in [2.45, 2.75) is 26.3 Å². The van der Waals surface area contributed by atoms with Crippen LogP contribution < -0.4 is 11.3 Å². The zero-order valence-corrected chi connectivity index (χ0v) is 6.81. The molecule has 0 radical (unpaired) electrons. The normalized spacial score (nSPS) is 10.9. The summed E-state index contributed by atoms with van der Waals surface area (Å²) in [6, 6.07) is 0.463. The number of halogens is 2. The molecule has 0 aliphatic heterocycles. The van der Waals surface area contributed by atoms with Crippen LogP contribution in [0.15, 0.2) is 0 Å². The fourth-order valence-electron chi connectivity index (χ4n) is 0.118. The summed E-state index contributed by atoms with van der Waals surface area (Å²) in [5, 5.41) is 0. The number of hydrazine groups is 1. The van der Waals surface area contributed by atoms with E-state index in [0.717, 1.165) is 6.42 Å². The lowest BCUT2D eigenvalue weighted by molar-refractivity contribution is 0.555. The van der Waals surface area contributed by atoms with E-state index in [1.807, 2.05) is 6.92 Å². The maximum absolute atomic E-state index is 5.03. The van der Waals surface area contributed by atoms with E-state index in [-0.39, 0.29) is 24.8 Å². The van der Waals surface area contributed by atoms with Crippen molar-refractivity contribution in [3.05, 3.63) is 0 Å². The summed E-state index contributed by atoms with van der Waals surface area (Å²) in [6.45, 7) is 4.13. The Kier molecular flexibility index (Phi) is 20.7. The molecule has 0 aromatic heterocycles. The van der Waals surface area contributed by atoms with Crippen molar-refractivity contribution in [1.82, 2.24) is 5.43 Å². The van der Waals surface area contributed by atoms with Gasteiger partial charge in [-0.3, -0.25) is 11.3 Å². The highest BCUT2D eigenvalue weighted by molar-refractivity contribution is 5.85. The molecule has 0 amide bonds. The molecule has 0 bridgehead atoms. The fraction of sp³-hybridized carbons (Fsp3) is 1.00. The van der Waals surface area contributed by atoms with Crippen molar-refractivity contribution in [2.75, 3.05) is 0 Å². The van der Waals surface area contributed by atoms with Crippen molar-refractivity contribution < 1.29 is 0 Å². The molecule has 8 heavy (non-hydrogen) atoms. The summed E-state index contributed by atoms with van der Waals surface area (Å²) in [5.74, 6) is 5.03. The second-order valence-electron chi connectivity index (χ2n) is 1.48. The maximum atomic E-state index is 5.03. The van der Waals surface area contributed by atoms with Gasteiger partial charge in [0.05, 0.1) is 0 Å². The second kappa shape index (κ2) is 10.5. The van der Waals surface area contributed by atoms with Crippen LogP contribution in [0.5, 0.6) is 0 Å². The molecule has 54 valence electrons. The molecule has 2 nitrogen and oxygen atoms in total. The van der Waals surface area contributed by atoms with Gasteiger partial charge in [-0.1, -0.05) is 6.92 Å². The molecule has 0 aromatic rings. The third kappa shape index (κ3) is 9.71. The molecule has 0 saturated carbocycles. The van der Waals surface area contributed by atoms with Gasteiger partial charge in [-0.15, -0.1) is 24.8 Å². The molecule has 1 atom stereocenters. The zero-order chi connectivity index (χ0) is 4.99. The van der Waals surface area contributed by atoms with Crippen LogP contribution >= 0.6 is 24.8 Å². The number of nitrogens with two attached hydrogens (primary N) is 1. The van der Waals surface area contributed by atoms with Gasteiger partial charge >= 0.3 is 0 Å². The number of hydrogen-bond donors (Lipinski definition) is 2. The van der Waals surface area contributed by atoms with Gasteiger partial charge in [-0.2, -0.15) is 0 Å². The highest BCUT2D eigenvalue weighted by Crippen LogP contribution is 1.81. The van der Waals surface area contributed by atoms with Crippen LogP contribution in [-0.2, 0) is 0 Å². The van der Waals surface area contributed by atoms with Gasteiger partial charge in [-0.05, 0) is 13.3 Å². The molecule has 3 N–H and O–H groups in total. The Bertz CT molecular complexity index is 31.2. The van der Waals surface area contributed by atoms with E-state index < -0.39 is 0 Å². The average molecular weight is 161 g/mol. The van der Waals surface area contributed by atoms with Crippen molar-refractivity contribution in [2.24, 2.45) is 5.84 Å². The third-order valence-corrected chi connectivity index (χ3v) is 0.897. The van der Waals surface area contributed by atoms with Gasteiger partial charge in [0.15, 0.2) is 0 Å². The highest BCUT2D eigenvalue weighted by Gasteiger charge is 1.87.